The smallest absolute Gasteiger partial charge is 0.227 e. The summed E-state index contributed by atoms with van der Waals surface area (Å²) < 4.78 is 13.3. The molecule has 0 saturated carbocycles. The van der Waals surface area contributed by atoms with Gasteiger partial charge in [-0.1, -0.05) is 133 Å². The fraction of sp³-hybridized carbons (Fsp3) is 0. The lowest BCUT2D eigenvalue weighted by atomic mass is 9.98. The zero-order valence-corrected chi connectivity index (χ0v) is 27.5. The third kappa shape index (κ3) is 4.96. The Morgan fingerprint density at radius 3 is 1.92 bits per heavy atom. The number of oxazole rings is 1. The number of rotatable bonds is 6. The van der Waals surface area contributed by atoms with Crippen molar-refractivity contribution < 1.29 is 8.83 Å². The van der Waals surface area contributed by atoms with E-state index in [4.69, 9.17) is 13.8 Å². The maximum atomic E-state index is 6.80. The highest BCUT2D eigenvalue weighted by atomic mass is 16.4. The molecule has 4 heteroatoms. The Bertz CT molecular complexity index is 2850. The van der Waals surface area contributed by atoms with Crippen molar-refractivity contribution in [2.75, 3.05) is 4.90 Å². The molecule has 0 aliphatic rings. The molecule has 0 unspecified atom stereocenters. The SMILES string of the molecule is c1ccc(-c2cccc(N(c3ccc(-c4cccc5ccccc45)cc3)c3c4oc(-c5ccccc5)nc4cc4oc5ccccc5c34)c2)cc1. The first kappa shape index (κ1) is 29.0. The Kier molecular flexibility index (Phi) is 6.78. The number of fused-ring (bicyclic) bond motifs is 5. The zero-order valence-electron chi connectivity index (χ0n) is 27.5. The number of aromatic nitrogens is 1. The maximum absolute atomic E-state index is 6.80. The minimum Gasteiger partial charge on any atom is -0.456 e. The van der Waals surface area contributed by atoms with Crippen LogP contribution in [-0.4, -0.2) is 4.98 Å². The van der Waals surface area contributed by atoms with Crippen LogP contribution in [0.3, 0.4) is 0 Å². The molecule has 0 atom stereocenters. The van der Waals surface area contributed by atoms with E-state index in [0.717, 1.165) is 66.8 Å². The molecular formula is C47H30N2O2. The molecule has 240 valence electrons. The van der Waals surface area contributed by atoms with Crippen molar-refractivity contribution in [3.05, 3.63) is 182 Å². The van der Waals surface area contributed by atoms with Crippen LogP contribution in [0, 0.1) is 0 Å². The summed E-state index contributed by atoms with van der Waals surface area (Å²) >= 11 is 0. The van der Waals surface area contributed by atoms with Crippen molar-refractivity contribution in [2.24, 2.45) is 0 Å². The van der Waals surface area contributed by atoms with Crippen LogP contribution in [0.25, 0.3) is 77.5 Å². The molecule has 0 amide bonds. The molecule has 2 heterocycles. The van der Waals surface area contributed by atoms with E-state index >= 15 is 0 Å². The molecule has 0 fully saturated rings. The first-order chi connectivity index (χ1) is 25.3. The zero-order chi connectivity index (χ0) is 33.7. The van der Waals surface area contributed by atoms with Crippen molar-refractivity contribution in [2.45, 2.75) is 0 Å². The summed E-state index contributed by atoms with van der Waals surface area (Å²) in [6.07, 6.45) is 0. The van der Waals surface area contributed by atoms with Gasteiger partial charge in [-0.2, -0.15) is 0 Å². The van der Waals surface area contributed by atoms with Gasteiger partial charge in [-0.3, -0.25) is 0 Å². The van der Waals surface area contributed by atoms with Crippen molar-refractivity contribution in [3.8, 4) is 33.7 Å². The van der Waals surface area contributed by atoms with E-state index < -0.39 is 0 Å². The highest BCUT2D eigenvalue weighted by Gasteiger charge is 2.26. The molecule has 0 saturated heterocycles. The van der Waals surface area contributed by atoms with Crippen LogP contribution in [0.2, 0.25) is 0 Å². The molecule has 0 bridgehead atoms. The molecule has 0 radical (unpaired) electrons. The minimum atomic E-state index is 0.563. The van der Waals surface area contributed by atoms with Gasteiger partial charge in [0.1, 0.15) is 22.4 Å². The van der Waals surface area contributed by atoms with Gasteiger partial charge in [0.2, 0.25) is 5.89 Å². The summed E-state index contributed by atoms with van der Waals surface area (Å²) in [5.74, 6) is 0.563. The first-order valence-electron chi connectivity index (χ1n) is 17.1. The van der Waals surface area contributed by atoms with Gasteiger partial charge in [-0.15, -0.1) is 0 Å². The minimum absolute atomic E-state index is 0.563. The van der Waals surface area contributed by atoms with Gasteiger partial charge in [0.15, 0.2) is 5.58 Å². The number of hydrogen-bond donors (Lipinski definition) is 0. The van der Waals surface area contributed by atoms with Crippen LogP contribution < -0.4 is 4.90 Å². The number of anilines is 3. The largest absolute Gasteiger partial charge is 0.456 e. The topological polar surface area (TPSA) is 42.4 Å². The second kappa shape index (κ2) is 11.9. The van der Waals surface area contributed by atoms with Crippen LogP contribution in [0.1, 0.15) is 0 Å². The Morgan fingerprint density at radius 2 is 1.10 bits per heavy atom. The Hall–Kier alpha value is -6.91. The number of furan rings is 1. The van der Waals surface area contributed by atoms with E-state index in [1.54, 1.807) is 0 Å². The van der Waals surface area contributed by atoms with Crippen molar-refractivity contribution >= 4 is 60.9 Å². The van der Waals surface area contributed by atoms with E-state index in [0.29, 0.717) is 11.5 Å². The summed E-state index contributed by atoms with van der Waals surface area (Å²) in [6.45, 7) is 0. The molecule has 4 nitrogen and oxygen atoms in total. The number of nitrogens with zero attached hydrogens (tertiary/aromatic N) is 2. The third-order valence-corrected chi connectivity index (χ3v) is 9.68. The molecule has 0 spiro atoms. The normalized spacial score (nSPS) is 11.5. The first-order valence-corrected chi connectivity index (χ1v) is 17.1. The summed E-state index contributed by atoms with van der Waals surface area (Å²) in [5.41, 5.74) is 11.4. The lowest BCUT2D eigenvalue weighted by Gasteiger charge is -2.27. The molecule has 51 heavy (non-hydrogen) atoms. The van der Waals surface area contributed by atoms with Crippen LogP contribution in [-0.2, 0) is 0 Å². The highest BCUT2D eigenvalue weighted by molar-refractivity contribution is 6.20. The van der Waals surface area contributed by atoms with Crippen molar-refractivity contribution in [3.63, 3.8) is 0 Å². The Morgan fingerprint density at radius 1 is 0.431 bits per heavy atom. The Labute approximate surface area is 294 Å². The van der Waals surface area contributed by atoms with Crippen LogP contribution in [0.4, 0.5) is 17.1 Å². The van der Waals surface area contributed by atoms with E-state index in [2.05, 4.69) is 132 Å². The van der Waals surface area contributed by atoms with Gasteiger partial charge in [0, 0.05) is 28.4 Å². The van der Waals surface area contributed by atoms with Crippen LogP contribution in [0.5, 0.6) is 0 Å². The summed E-state index contributed by atoms with van der Waals surface area (Å²) in [5, 5.41) is 4.43. The van der Waals surface area contributed by atoms with Gasteiger partial charge in [-0.05, 0) is 75.5 Å². The number of benzene rings is 8. The molecule has 2 aromatic heterocycles. The average Bonchev–Trinajstić information content (AvgIpc) is 3.80. The van der Waals surface area contributed by atoms with Gasteiger partial charge in [-0.25, -0.2) is 4.98 Å². The second-order valence-electron chi connectivity index (χ2n) is 12.8. The average molecular weight is 655 g/mol. The van der Waals surface area contributed by atoms with Gasteiger partial charge >= 0.3 is 0 Å². The van der Waals surface area contributed by atoms with Gasteiger partial charge in [0.05, 0.1) is 5.39 Å². The molecule has 0 aliphatic carbocycles. The predicted molar refractivity (Wildman–Crippen MR) is 210 cm³/mol. The van der Waals surface area contributed by atoms with E-state index in [9.17, 15) is 0 Å². The molecule has 0 N–H and O–H groups in total. The monoisotopic (exact) mass is 654 g/mol. The van der Waals surface area contributed by atoms with Crippen LogP contribution >= 0.6 is 0 Å². The summed E-state index contributed by atoms with van der Waals surface area (Å²) in [4.78, 5) is 7.33. The molecular weight excluding hydrogens is 625 g/mol. The van der Waals surface area contributed by atoms with E-state index in [1.165, 1.54) is 16.3 Å². The van der Waals surface area contributed by atoms with Crippen LogP contribution in [0.15, 0.2) is 191 Å². The van der Waals surface area contributed by atoms with Gasteiger partial charge < -0.3 is 13.7 Å². The summed E-state index contributed by atoms with van der Waals surface area (Å²) in [6, 6.07) is 63.3. The maximum Gasteiger partial charge on any atom is 0.227 e. The standard InChI is InChI=1S/C47H30N2O2/c1-3-13-31(14-4-1)35-19-11-20-37(29-35)49(36-27-25-33(26-28-36)39-23-12-18-32-15-7-8-21-38(32)39)45-44-40-22-9-10-24-42(40)50-43(44)30-41-46(45)51-47(48-41)34-16-5-2-6-17-34/h1-30H. The van der Waals surface area contributed by atoms with E-state index in [1.807, 2.05) is 54.6 Å². The second-order valence-corrected chi connectivity index (χ2v) is 12.8. The van der Waals surface area contributed by atoms with E-state index in [-0.39, 0.29) is 0 Å². The quantitative estimate of drug-likeness (QED) is 0.179. The highest BCUT2D eigenvalue weighted by Crippen LogP contribution is 2.48. The molecule has 10 aromatic rings. The number of para-hydroxylation sites is 1. The van der Waals surface area contributed by atoms with Gasteiger partial charge in [0.25, 0.3) is 0 Å². The fourth-order valence-electron chi connectivity index (χ4n) is 7.29. The fourth-order valence-corrected chi connectivity index (χ4v) is 7.29. The van der Waals surface area contributed by atoms with Crippen molar-refractivity contribution in [1.82, 2.24) is 4.98 Å². The molecule has 0 aliphatic heterocycles. The lowest BCUT2D eigenvalue weighted by Crippen LogP contribution is -2.11. The molecule has 8 aromatic carbocycles. The Balaban J connectivity index is 1.25. The molecule has 10 rings (SSSR count). The number of hydrogen-bond acceptors (Lipinski definition) is 4. The summed E-state index contributed by atoms with van der Waals surface area (Å²) in [7, 11) is 0. The van der Waals surface area contributed by atoms with Crippen molar-refractivity contribution in [1.29, 1.82) is 0 Å². The lowest BCUT2D eigenvalue weighted by molar-refractivity contribution is 0.620. The third-order valence-electron chi connectivity index (χ3n) is 9.68. The predicted octanol–water partition coefficient (Wildman–Crippen LogP) is 13.4.